The van der Waals surface area contributed by atoms with Crippen LogP contribution in [0.3, 0.4) is 0 Å². The number of aromatic amines is 1. The molecule has 0 saturated heterocycles. The smallest absolute Gasteiger partial charge is 0.177 e. The molecule has 0 spiro atoms. The molecular formula is C13H14N4O2S2. The molecule has 2 heterocycles. The van der Waals surface area contributed by atoms with Gasteiger partial charge in [-0.1, -0.05) is 6.07 Å². The van der Waals surface area contributed by atoms with Gasteiger partial charge in [-0.15, -0.1) is 0 Å². The van der Waals surface area contributed by atoms with E-state index in [-0.39, 0.29) is 4.90 Å². The van der Waals surface area contributed by atoms with Gasteiger partial charge in [0.2, 0.25) is 0 Å². The highest BCUT2D eigenvalue weighted by atomic mass is 32.2. The number of benzene rings is 1. The summed E-state index contributed by atoms with van der Waals surface area (Å²) in [6.07, 6.45) is 1.19. The van der Waals surface area contributed by atoms with Crippen LogP contribution >= 0.6 is 11.5 Å². The monoisotopic (exact) mass is 322 g/mol. The van der Waals surface area contributed by atoms with Gasteiger partial charge in [0.05, 0.1) is 21.7 Å². The number of rotatable bonds is 3. The zero-order chi connectivity index (χ0) is 15.2. The van der Waals surface area contributed by atoms with Gasteiger partial charge in [0, 0.05) is 13.3 Å². The van der Waals surface area contributed by atoms with Crippen molar-refractivity contribution in [3.8, 4) is 11.4 Å². The second-order valence-electron chi connectivity index (χ2n) is 4.73. The van der Waals surface area contributed by atoms with Crippen LogP contribution in [0, 0.1) is 6.92 Å². The fraction of sp³-hybridized carbons (Fsp3) is 0.231. The summed E-state index contributed by atoms with van der Waals surface area (Å²) in [5, 5.41) is 3.98. The average Bonchev–Trinajstić information content (AvgIpc) is 2.99. The van der Waals surface area contributed by atoms with Crippen LogP contribution in [-0.4, -0.2) is 36.1 Å². The Bertz CT molecular complexity index is 925. The molecule has 0 amide bonds. The quantitative estimate of drug-likeness (QED) is 0.773. The van der Waals surface area contributed by atoms with Gasteiger partial charge in [-0.05, 0) is 30.6 Å². The van der Waals surface area contributed by atoms with Gasteiger partial charge in [0.25, 0.3) is 0 Å². The van der Waals surface area contributed by atoms with Crippen LogP contribution in [-0.2, 0) is 9.84 Å². The Labute approximate surface area is 126 Å². The van der Waals surface area contributed by atoms with Gasteiger partial charge in [-0.25, -0.2) is 13.4 Å². The number of para-hydroxylation sites is 1. The predicted molar refractivity (Wildman–Crippen MR) is 84.6 cm³/mol. The number of hydrogen-bond donors (Lipinski definition) is 2. The van der Waals surface area contributed by atoms with Crippen molar-refractivity contribution in [2.75, 3.05) is 18.6 Å². The van der Waals surface area contributed by atoms with E-state index in [0.717, 1.165) is 16.3 Å². The summed E-state index contributed by atoms with van der Waals surface area (Å²) in [5.74, 6) is 0.622. The molecule has 2 N–H and O–H groups in total. The first-order valence-corrected chi connectivity index (χ1v) is 8.91. The number of fused-ring (bicyclic) bond motifs is 1. The van der Waals surface area contributed by atoms with Crippen molar-refractivity contribution in [1.82, 2.24) is 14.3 Å². The average molecular weight is 322 g/mol. The highest BCUT2D eigenvalue weighted by molar-refractivity contribution is 7.91. The number of aryl methyl sites for hydroxylation is 1. The lowest BCUT2D eigenvalue weighted by atomic mass is 10.2. The number of hydrogen-bond acceptors (Lipinski definition) is 6. The van der Waals surface area contributed by atoms with E-state index >= 15 is 0 Å². The molecule has 0 fully saturated rings. The zero-order valence-electron chi connectivity index (χ0n) is 11.8. The van der Waals surface area contributed by atoms with Crippen molar-refractivity contribution in [3.63, 3.8) is 0 Å². The molecule has 0 saturated carbocycles. The van der Waals surface area contributed by atoms with Gasteiger partial charge < -0.3 is 10.3 Å². The number of nitrogens with one attached hydrogen (secondary N) is 2. The molecule has 3 aromatic rings. The molecule has 110 valence electrons. The van der Waals surface area contributed by atoms with Crippen LogP contribution in [0.1, 0.15) is 5.69 Å². The molecule has 8 heteroatoms. The largest absolute Gasteiger partial charge is 0.378 e. The Hall–Kier alpha value is -1.93. The van der Waals surface area contributed by atoms with E-state index in [1.807, 2.05) is 20.0 Å². The van der Waals surface area contributed by atoms with Crippen molar-refractivity contribution in [2.24, 2.45) is 0 Å². The SMILES string of the molecule is CNc1snc(C)c1-c1nc2c(S(C)(=O)=O)cccc2[nH]1. The number of imidazole rings is 1. The van der Waals surface area contributed by atoms with E-state index in [9.17, 15) is 8.42 Å². The fourth-order valence-corrected chi connectivity index (χ4v) is 3.82. The number of anilines is 1. The number of nitrogens with zero attached hydrogens (tertiary/aromatic N) is 2. The summed E-state index contributed by atoms with van der Waals surface area (Å²) in [7, 11) is -1.50. The van der Waals surface area contributed by atoms with E-state index in [4.69, 9.17) is 0 Å². The van der Waals surface area contributed by atoms with Crippen LogP contribution < -0.4 is 5.32 Å². The maximum absolute atomic E-state index is 11.9. The topological polar surface area (TPSA) is 87.7 Å². The minimum atomic E-state index is -3.32. The lowest BCUT2D eigenvalue weighted by molar-refractivity contribution is 0.602. The van der Waals surface area contributed by atoms with Crippen molar-refractivity contribution < 1.29 is 8.42 Å². The third kappa shape index (κ3) is 2.30. The van der Waals surface area contributed by atoms with E-state index < -0.39 is 9.84 Å². The first kappa shape index (κ1) is 14.0. The van der Waals surface area contributed by atoms with Crippen LogP contribution in [0.15, 0.2) is 23.1 Å². The Morgan fingerprint density at radius 2 is 2.10 bits per heavy atom. The van der Waals surface area contributed by atoms with Crippen molar-refractivity contribution >= 4 is 37.4 Å². The molecule has 0 radical (unpaired) electrons. The van der Waals surface area contributed by atoms with E-state index in [1.54, 1.807) is 12.1 Å². The van der Waals surface area contributed by atoms with Crippen molar-refractivity contribution in [1.29, 1.82) is 0 Å². The third-order valence-corrected chi connectivity index (χ3v) is 5.29. The molecule has 0 bridgehead atoms. The van der Waals surface area contributed by atoms with Crippen LogP contribution in [0.4, 0.5) is 5.00 Å². The lowest BCUT2D eigenvalue weighted by Crippen LogP contribution is -1.97. The molecule has 0 aliphatic heterocycles. The van der Waals surface area contributed by atoms with E-state index in [0.29, 0.717) is 16.9 Å². The first-order valence-electron chi connectivity index (χ1n) is 6.25. The summed E-state index contributed by atoms with van der Waals surface area (Å²) < 4.78 is 28.0. The van der Waals surface area contributed by atoms with E-state index in [2.05, 4.69) is 19.7 Å². The Balaban J connectivity index is 2.30. The fourth-order valence-electron chi connectivity index (χ4n) is 2.24. The summed E-state index contributed by atoms with van der Waals surface area (Å²) in [4.78, 5) is 7.89. The molecular weight excluding hydrogens is 308 g/mol. The van der Waals surface area contributed by atoms with Crippen LogP contribution in [0.2, 0.25) is 0 Å². The number of H-pyrrole nitrogens is 1. The first-order chi connectivity index (χ1) is 9.91. The summed E-state index contributed by atoms with van der Waals surface area (Å²) in [6.45, 7) is 1.90. The molecule has 6 nitrogen and oxygen atoms in total. The summed E-state index contributed by atoms with van der Waals surface area (Å²) in [6, 6.07) is 5.09. The second-order valence-corrected chi connectivity index (χ2v) is 7.49. The Morgan fingerprint density at radius 1 is 1.33 bits per heavy atom. The Kier molecular flexibility index (Phi) is 3.22. The molecule has 0 unspecified atom stereocenters. The normalized spacial score (nSPS) is 12.0. The highest BCUT2D eigenvalue weighted by Gasteiger charge is 2.19. The predicted octanol–water partition coefficient (Wildman–Crippen LogP) is 2.44. The van der Waals surface area contributed by atoms with Gasteiger partial charge in [0.15, 0.2) is 9.84 Å². The third-order valence-electron chi connectivity index (χ3n) is 3.20. The summed E-state index contributed by atoms with van der Waals surface area (Å²) in [5.41, 5.74) is 2.88. The standard InChI is InChI=1S/C13H14N4O2S2/c1-7-10(13(14-2)20-17-7)12-15-8-5-4-6-9(11(8)16-12)21(3,18)19/h4-6,14H,1-3H3,(H,15,16). The molecule has 21 heavy (non-hydrogen) atoms. The van der Waals surface area contributed by atoms with Gasteiger partial charge >= 0.3 is 0 Å². The summed E-state index contributed by atoms with van der Waals surface area (Å²) >= 11 is 1.35. The maximum atomic E-state index is 11.9. The number of aromatic nitrogens is 3. The second kappa shape index (κ2) is 4.81. The molecule has 0 atom stereocenters. The minimum absolute atomic E-state index is 0.231. The van der Waals surface area contributed by atoms with Gasteiger partial charge in [-0.3, -0.25) is 0 Å². The molecule has 0 aliphatic carbocycles. The van der Waals surface area contributed by atoms with E-state index in [1.165, 1.54) is 17.8 Å². The number of sulfone groups is 1. The minimum Gasteiger partial charge on any atom is -0.378 e. The molecule has 2 aromatic heterocycles. The molecule has 1 aromatic carbocycles. The van der Waals surface area contributed by atoms with Crippen molar-refractivity contribution in [2.45, 2.75) is 11.8 Å². The Morgan fingerprint density at radius 3 is 2.76 bits per heavy atom. The molecule has 0 aliphatic rings. The lowest BCUT2D eigenvalue weighted by Gasteiger charge is -1.99. The zero-order valence-corrected chi connectivity index (χ0v) is 13.4. The molecule has 3 rings (SSSR count). The van der Waals surface area contributed by atoms with Crippen LogP contribution in [0.5, 0.6) is 0 Å². The highest BCUT2D eigenvalue weighted by Crippen LogP contribution is 2.34. The van der Waals surface area contributed by atoms with Gasteiger partial charge in [0.1, 0.15) is 16.3 Å². The van der Waals surface area contributed by atoms with Crippen molar-refractivity contribution in [3.05, 3.63) is 23.9 Å². The van der Waals surface area contributed by atoms with Crippen LogP contribution in [0.25, 0.3) is 22.4 Å². The van der Waals surface area contributed by atoms with Gasteiger partial charge in [-0.2, -0.15) is 4.37 Å². The maximum Gasteiger partial charge on any atom is 0.177 e.